The average Bonchev–Trinajstić information content (AvgIpc) is 2.24. The van der Waals surface area contributed by atoms with Gasteiger partial charge in [-0.1, -0.05) is 6.92 Å². The maximum Gasteiger partial charge on any atom is 0.228 e. The van der Waals surface area contributed by atoms with Crippen molar-refractivity contribution >= 4 is 46.6 Å². The molecule has 0 spiro atoms. The second-order valence-electron chi connectivity index (χ2n) is 3.38. The molecule has 0 aromatic heterocycles. The lowest BCUT2D eigenvalue weighted by atomic mass is 10.1. The first-order chi connectivity index (χ1) is 7.45. The molecular formula is C10H12ClF2IN2O. The van der Waals surface area contributed by atoms with E-state index in [1.165, 1.54) is 0 Å². The van der Waals surface area contributed by atoms with Crippen molar-refractivity contribution in [3.63, 3.8) is 0 Å². The molecule has 0 heterocycles. The minimum absolute atomic E-state index is 0. The maximum absolute atomic E-state index is 13.1. The summed E-state index contributed by atoms with van der Waals surface area (Å²) in [6, 6.07) is 2.15. The highest BCUT2D eigenvalue weighted by Gasteiger charge is 2.13. The third-order valence-electron chi connectivity index (χ3n) is 2.05. The Morgan fingerprint density at radius 1 is 1.47 bits per heavy atom. The molecule has 7 heteroatoms. The molecule has 1 aromatic carbocycles. The number of rotatable bonds is 3. The molecule has 0 aliphatic heterocycles. The zero-order valence-electron chi connectivity index (χ0n) is 8.97. The van der Waals surface area contributed by atoms with Gasteiger partial charge in [-0.25, -0.2) is 8.78 Å². The highest BCUT2D eigenvalue weighted by atomic mass is 127. The topological polar surface area (TPSA) is 55.1 Å². The van der Waals surface area contributed by atoms with E-state index in [0.717, 1.165) is 12.1 Å². The van der Waals surface area contributed by atoms with E-state index < -0.39 is 17.6 Å². The summed E-state index contributed by atoms with van der Waals surface area (Å²) < 4.78 is 26.2. The fourth-order valence-corrected chi connectivity index (χ4v) is 1.31. The Kier molecular flexibility index (Phi) is 6.88. The van der Waals surface area contributed by atoms with Gasteiger partial charge in [0.25, 0.3) is 0 Å². The fraction of sp³-hybridized carbons (Fsp3) is 0.300. The first-order valence-electron chi connectivity index (χ1n) is 4.61. The maximum atomic E-state index is 13.1. The molecule has 0 saturated heterocycles. The van der Waals surface area contributed by atoms with E-state index in [1.54, 1.807) is 29.5 Å². The molecule has 1 rings (SSSR count). The van der Waals surface area contributed by atoms with Gasteiger partial charge in [0.15, 0.2) is 0 Å². The summed E-state index contributed by atoms with van der Waals surface area (Å²) in [5.74, 6) is -2.15. The number of amides is 1. The standard InChI is InChI=1S/C10H11F2IN2O.ClH/c1-5(4-14)10(16)15-6-2-7(11)9(13)8(12)3-6;/h2-3,5H,4,14H2,1H3,(H,15,16);1H. The van der Waals surface area contributed by atoms with Crippen molar-refractivity contribution in [2.45, 2.75) is 6.92 Å². The lowest BCUT2D eigenvalue weighted by Gasteiger charge is -2.10. The molecular weight excluding hydrogens is 364 g/mol. The van der Waals surface area contributed by atoms with Gasteiger partial charge in [-0.05, 0) is 34.7 Å². The Morgan fingerprint density at radius 3 is 2.35 bits per heavy atom. The summed E-state index contributed by atoms with van der Waals surface area (Å²) in [4.78, 5) is 11.4. The van der Waals surface area contributed by atoms with Gasteiger partial charge in [0.2, 0.25) is 5.91 Å². The van der Waals surface area contributed by atoms with Crippen molar-refractivity contribution in [3.05, 3.63) is 27.3 Å². The predicted molar refractivity (Wildman–Crippen MR) is 73.2 cm³/mol. The van der Waals surface area contributed by atoms with Crippen LogP contribution in [0.2, 0.25) is 0 Å². The summed E-state index contributed by atoms with van der Waals surface area (Å²) in [6.07, 6.45) is 0. The van der Waals surface area contributed by atoms with Gasteiger partial charge in [0.05, 0.1) is 3.57 Å². The molecule has 0 fully saturated rings. The van der Waals surface area contributed by atoms with Gasteiger partial charge in [0.1, 0.15) is 11.6 Å². The summed E-state index contributed by atoms with van der Waals surface area (Å²) in [7, 11) is 0. The molecule has 0 saturated carbocycles. The van der Waals surface area contributed by atoms with E-state index in [4.69, 9.17) is 5.73 Å². The summed E-state index contributed by atoms with van der Waals surface area (Å²) in [6.45, 7) is 1.82. The quantitative estimate of drug-likeness (QED) is 0.629. The lowest BCUT2D eigenvalue weighted by molar-refractivity contribution is -0.119. The second kappa shape index (κ2) is 7.07. The van der Waals surface area contributed by atoms with Gasteiger partial charge in [-0.15, -0.1) is 12.4 Å². The minimum Gasteiger partial charge on any atom is -0.330 e. The number of benzene rings is 1. The van der Waals surface area contributed by atoms with Crippen LogP contribution in [0.25, 0.3) is 0 Å². The van der Waals surface area contributed by atoms with Crippen LogP contribution >= 0.6 is 35.0 Å². The SMILES string of the molecule is CC(CN)C(=O)Nc1cc(F)c(I)c(F)c1.Cl. The number of nitrogens with two attached hydrogens (primary N) is 1. The van der Waals surface area contributed by atoms with E-state index in [0.29, 0.717) is 0 Å². The first kappa shape index (κ1) is 16.5. The molecule has 0 aliphatic carbocycles. The van der Waals surface area contributed by atoms with Crippen LogP contribution in [0.3, 0.4) is 0 Å². The Hall–Kier alpha value is -0.470. The number of hydrogen-bond acceptors (Lipinski definition) is 2. The smallest absolute Gasteiger partial charge is 0.228 e. The zero-order chi connectivity index (χ0) is 12.3. The zero-order valence-corrected chi connectivity index (χ0v) is 11.9. The van der Waals surface area contributed by atoms with Gasteiger partial charge in [0, 0.05) is 18.2 Å². The number of nitrogens with one attached hydrogen (secondary N) is 1. The minimum atomic E-state index is -0.698. The van der Waals surface area contributed by atoms with Crippen molar-refractivity contribution < 1.29 is 13.6 Å². The third-order valence-corrected chi connectivity index (χ3v) is 3.08. The Balaban J connectivity index is 0.00000256. The van der Waals surface area contributed by atoms with Crippen molar-refractivity contribution in [3.8, 4) is 0 Å². The molecule has 3 N–H and O–H groups in total. The molecule has 0 bridgehead atoms. The van der Waals surface area contributed by atoms with E-state index in [-0.39, 0.29) is 34.1 Å². The molecule has 1 amide bonds. The largest absolute Gasteiger partial charge is 0.330 e. The van der Waals surface area contributed by atoms with Crippen molar-refractivity contribution in [1.29, 1.82) is 0 Å². The van der Waals surface area contributed by atoms with Crippen molar-refractivity contribution in [2.24, 2.45) is 11.7 Å². The average molecular weight is 377 g/mol. The highest BCUT2D eigenvalue weighted by molar-refractivity contribution is 14.1. The van der Waals surface area contributed by atoms with Gasteiger partial charge >= 0.3 is 0 Å². The Morgan fingerprint density at radius 2 is 1.94 bits per heavy atom. The molecule has 0 radical (unpaired) electrons. The van der Waals surface area contributed by atoms with Crippen LogP contribution < -0.4 is 11.1 Å². The van der Waals surface area contributed by atoms with Gasteiger partial charge < -0.3 is 11.1 Å². The van der Waals surface area contributed by atoms with E-state index in [2.05, 4.69) is 5.32 Å². The van der Waals surface area contributed by atoms with Crippen LogP contribution in [0, 0.1) is 21.1 Å². The molecule has 96 valence electrons. The number of carbonyl (C=O) groups is 1. The number of carbonyl (C=O) groups excluding carboxylic acids is 1. The molecule has 3 nitrogen and oxygen atoms in total. The summed E-state index contributed by atoms with van der Waals surface area (Å²) >= 11 is 1.56. The number of halogens is 4. The molecule has 1 unspecified atom stereocenters. The summed E-state index contributed by atoms with van der Waals surface area (Å²) in [5.41, 5.74) is 5.40. The van der Waals surface area contributed by atoms with Gasteiger partial charge in [-0.3, -0.25) is 4.79 Å². The van der Waals surface area contributed by atoms with E-state index in [1.807, 2.05) is 0 Å². The molecule has 1 aromatic rings. The predicted octanol–water partition coefficient (Wildman–Crippen LogP) is 2.52. The van der Waals surface area contributed by atoms with Gasteiger partial charge in [-0.2, -0.15) is 0 Å². The van der Waals surface area contributed by atoms with Crippen LogP contribution in [0.15, 0.2) is 12.1 Å². The molecule has 0 aliphatic rings. The summed E-state index contributed by atoms with van der Waals surface area (Å²) in [5, 5.41) is 2.40. The van der Waals surface area contributed by atoms with Crippen LogP contribution in [0.1, 0.15) is 6.92 Å². The van der Waals surface area contributed by atoms with Crippen LogP contribution in [0.5, 0.6) is 0 Å². The number of anilines is 1. The van der Waals surface area contributed by atoms with E-state index >= 15 is 0 Å². The third kappa shape index (κ3) is 4.36. The van der Waals surface area contributed by atoms with Crippen LogP contribution in [-0.4, -0.2) is 12.5 Å². The Bertz CT molecular complexity index is 394. The number of hydrogen-bond donors (Lipinski definition) is 2. The van der Waals surface area contributed by atoms with E-state index in [9.17, 15) is 13.6 Å². The van der Waals surface area contributed by atoms with Crippen LogP contribution in [0.4, 0.5) is 14.5 Å². The molecule has 1 atom stereocenters. The highest BCUT2D eigenvalue weighted by Crippen LogP contribution is 2.20. The first-order valence-corrected chi connectivity index (χ1v) is 5.69. The normalized spacial score (nSPS) is 11.6. The Labute approximate surface area is 118 Å². The van der Waals surface area contributed by atoms with Crippen LogP contribution in [-0.2, 0) is 4.79 Å². The van der Waals surface area contributed by atoms with Crippen molar-refractivity contribution in [2.75, 3.05) is 11.9 Å². The monoisotopic (exact) mass is 376 g/mol. The second-order valence-corrected chi connectivity index (χ2v) is 4.46. The lowest BCUT2D eigenvalue weighted by Crippen LogP contribution is -2.26. The molecule has 17 heavy (non-hydrogen) atoms. The fourth-order valence-electron chi connectivity index (χ4n) is 1.00. The van der Waals surface area contributed by atoms with Crippen molar-refractivity contribution in [1.82, 2.24) is 0 Å².